The molecule has 5 nitrogen and oxygen atoms in total. The molecule has 3 rings (SSSR count). The minimum Gasteiger partial charge on any atom is -0.485 e. The summed E-state index contributed by atoms with van der Waals surface area (Å²) < 4.78 is 11.2. The lowest BCUT2D eigenvalue weighted by atomic mass is 10.1. The Morgan fingerprint density at radius 2 is 1.87 bits per heavy atom. The maximum Gasteiger partial charge on any atom is 0.226 e. The molecule has 0 aliphatic rings. The van der Waals surface area contributed by atoms with Crippen LogP contribution in [0.25, 0.3) is 11.5 Å². The van der Waals surface area contributed by atoms with Gasteiger partial charge in [-0.1, -0.05) is 56.5 Å². The van der Waals surface area contributed by atoms with Crippen molar-refractivity contribution in [3.05, 3.63) is 72.1 Å². The predicted octanol–water partition coefficient (Wildman–Crippen LogP) is 5.66. The Labute approximate surface area is 178 Å². The van der Waals surface area contributed by atoms with Gasteiger partial charge in [-0.25, -0.2) is 4.98 Å². The number of rotatable bonds is 12. The minimum atomic E-state index is -0.0477. The number of ketones is 1. The van der Waals surface area contributed by atoms with Crippen molar-refractivity contribution in [2.75, 3.05) is 6.61 Å². The summed E-state index contributed by atoms with van der Waals surface area (Å²) in [6.07, 6.45) is 6.64. The van der Waals surface area contributed by atoms with Crippen LogP contribution in [0.4, 0.5) is 0 Å². The summed E-state index contributed by atoms with van der Waals surface area (Å²) in [6.45, 7) is 5.13. The molecule has 5 heteroatoms. The van der Waals surface area contributed by atoms with Crippen LogP contribution in [-0.2, 0) is 6.54 Å². The van der Waals surface area contributed by atoms with Crippen molar-refractivity contribution >= 4 is 5.78 Å². The number of aromatic nitrogens is 1. The number of nitrogens with zero attached hydrogens (tertiary/aromatic N) is 1. The second kappa shape index (κ2) is 11.3. The van der Waals surface area contributed by atoms with Gasteiger partial charge in [-0.3, -0.25) is 4.79 Å². The van der Waals surface area contributed by atoms with Crippen LogP contribution in [0.1, 0.15) is 55.6 Å². The highest BCUT2D eigenvalue weighted by atomic mass is 16.5. The highest BCUT2D eigenvalue weighted by molar-refractivity contribution is 5.97. The van der Waals surface area contributed by atoms with E-state index in [1.165, 1.54) is 25.7 Å². The van der Waals surface area contributed by atoms with Crippen LogP contribution < -0.4 is 10.1 Å². The molecule has 0 fully saturated rings. The Morgan fingerprint density at radius 3 is 2.60 bits per heavy atom. The third-order valence-electron chi connectivity index (χ3n) is 4.99. The maximum atomic E-state index is 12.1. The van der Waals surface area contributed by atoms with Crippen LogP contribution in [0.15, 0.2) is 65.3 Å². The number of carbonyl (C=O) groups is 1. The number of nitrogens with one attached hydrogen (secondary N) is 1. The summed E-state index contributed by atoms with van der Waals surface area (Å²) in [6, 6.07) is 17.0. The van der Waals surface area contributed by atoms with E-state index >= 15 is 0 Å². The molecule has 1 unspecified atom stereocenters. The maximum absolute atomic E-state index is 12.1. The molecule has 0 radical (unpaired) electrons. The van der Waals surface area contributed by atoms with Gasteiger partial charge >= 0.3 is 0 Å². The molecule has 1 heterocycles. The Kier molecular flexibility index (Phi) is 8.21. The number of unbranched alkanes of at least 4 members (excludes halogenated alkanes) is 2. The fourth-order valence-corrected chi connectivity index (χ4v) is 3.15. The van der Waals surface area contributed by atoms with Gasteiger partial charge in [-0.05, 0) is 37.6 Å². The van der Waals surface area contributed by atoms with E-state index in [0.717, 1.165) is 11.3 Å². The molecule has 0 spiro atoms. The summed E-state index contributed by atoms with van der Waals surface area (Å²) in [5.74, 6) is 1.17. The van der Waals surface area contributed by atoms with Gasteiger partial charge in [0, 0.05) is 23.7 Å². The van der Waals surface area contributed by atoms with Crippen molar-refractivity contribution in [1.82, 2.24) is 10.3 Å². The van der Waals surface area contributed by atoms with E-state index in [4.69, 9.17) is 9.15 Å². The molecule has 0 amide bonds. The summed E-state index contributed by atoms with van der Waals surface area (Å²) in [5.41, 5.74) is 2.41. The molecule has 30 heavy (non-hydrogen) atoms. The standard InChI is InChI=1S/C25H30N2O3/c1-3-4-6-9-19(2)26-16-22-17-30-25(27-22)21-12-14-23(15-13-21)29-18-24(28)20-10-7-5-8-11-20/h5,7-8,10-15,17,19,26H,3-4,6,9,16,18H2,1-2H3. The summed E-state index contributed by atoms with van der Waals surface area (Å²) in [7, 11) is 0. The molecule has 1 N–H and O–H groups in total. The molecule has 0 saturated heterocycles. The molecule has 0 aliphatic carbocycles. The number of carbonyl (C=O) groups excluding carboxylic acids is 1. The minimum absolute atomic E-state index is 0.00855. The van der Waals surface area contributed by atoms with Crippen LogP contribution in [0, 0.1) is 0 Å². The van der Waals surface area contributed by atoms with E-state index in [1.807, 2.05) is 42.5 Å². The van der Waals surface area contributed by atoms with E-state index in [9.17, 15) is 4.79 Å². The van der Waals surface area contributed by atoms with Crippen molar-refractivity contribution in [3.8, 4) is 17.2 Å². The zero-order chi connectivity index (χ0) is 21.2. The van der Waals surface area contributed by atoms with Gasteiger partial charge in [0.1, 0.15) is 12.0 Å². The number of hydrogen-bond acceptors (Lipinski definition) is 5. The van der Waals surface area contributed by atoms with Crippen LogP contribution in [0.5, 0.6) is 5.75 Å². The quantitative estimate of drug-likeness (QED) is 0.310. The topological polar surface area (TPSA) is 64.4 Å². The monoisotopic (exact) mass is 406 g/mol. The highest BCUT2D eigenvalue weighted by Gasteiger charge is 2.10. The van der Waals surface area contributed by atoms with Crippen molar-refractivity contribution in [3.63, 3.8) is 0 Å². The lowest BCUT2D eigenvalue weighted by Gasteiger charge is -2.11. The first kappa shape index (κ1) is 21.8. The molecule has 1 aromatic heterocycles. The Morgan fingerprint density at radius 1 is 1.10 bits per heavy atom. The first-order valence-corrected chi connectivity index (χ1v) is 10.6. The molecule has 0 saturated carbocycles. The highest BCUT2D eigenvalue weighted by Crippen LogP contribution is 2.22. The largest absolute Gasteiger partial charge is 0.485 e. The zero-order valence-electron chi connectivity index (χ0n) is 17.8. The Bertz CT molecular complexity index is 904. The molecule has 0 aliphatic heterocycles. The third-order valence-corrected chi connectivity index (χ3v) is 4.99. The van der Waals surface area contributed by atoms with Gasteiger partial charge in [0.25, 0.3) is 0 Å². The fourth-order valence-electron chi connectivity index (χ4n) is 3.15. The lowest BCUT2D eigenvalue weighted by Crippen LogP contribution is -2.25. The van der Waals surface area contributed by atoms with Gasteiger partial charge in [0.15, 0.2) is 12.4 Å². The van der Waals surface area contributed by atoms with E-state index < -0.39 is 0 Å². The van der Waals surface area contributed by atoms with Crippen molar-refractivity contribution in [2.24, 2.45) is 0 Å². The Hall–Kier alpha value is -2.92. The molecule has 3 aromatic rings. The average molecular weight is 407 g/mol. The molecular formula is C25H30N2O3. The van der Waals surface area contributed by atoms with Gasteiger partial charge in [0.2, 0.25) is 5.89 Å². The zero-order valence-corrected chi connectivity index (χ0v) is 17.8. The molecule has 158 valence electrons. The molecule has 2 aromatic carbocycles. The summed E-state index contributed by atoms with van der Waals surface area (Å²) in [4.78, 5) is 16.7. The van der Waals surface area contributed by atoms with Gasteiger partial charge in [0.05, 0.1) is 5.69 Å². The third kappa shape index (κ3) is 6.56. The number of Topliss-reactive ketones (excluding diaryl/α,β-unsaturated/α-hetero) is 1. The van der Waals surface area contributed by atoms with Gasteiger partial charge < -0.3 is 14.5 Å². The first-order valence-electron chi connectivity index (χ1n) is 10.6. The van der Waals surface area contributed by atoms with Crippen LogP contribution >= 0.6 is 0 Å². The van der Waals surface area contributed by atoms with Crippen molar-refractivity contribution in [1.29, 1.82) is 0 Å². The van der Waals surface area contributed by atoms with Crippen molar-refractivity contribution in [2.45, 2.75) is 52.1 Å². The van der Waals surface area contributed by atoms with Gasteiger partial charge in [-0.15, -0.1) is 0 Å². The average Bonchev–Trinajstić information content (AvgIpc) is 3.26. The van der Waals surface area contributed by atoms with E-state index in [1.54, 1.807) is 18.4 Å². The fraction of sp³-hybridized carbons (Fsp3) is 0.360. The van der Waals surface area contributed by atoms with Crippen LogP contribution in [-0.4, -0.2) is 23.4 Å². The SMILES string of the molecule is CCCCCC(C)NCc1coc(-c2ccc(OCC(=O)c3ccccc3)cc2)n1. The molecule has 1 atom stereocenters. The lowest BCUT2D eigenvalue weighted by molar-refractivity contribution is 0.0921. The smallest absolute Gasteiger partial charge is 0.226 e. The number of benzene rings is 2. The van der Waals surface area contributed by atoms with Crippen LogP contribution in [0.2, 0.25) is 0 Å². The summed E-state index contributed by atoms with van der Waals surface area (Å²) >= 11 is 0. The van der Waals surface area contributed by atoms with E-state index in [-0.39, 0.29) is 12.4 Å². The Balaban J connectivity index is 1.48. The van der Waals surface area contributed by atoms with Gasteiger partial charge in [-0.2, -0.15) is 0 Å². The predicted molar refractivity (Wildman–Crippen MR) is 119 cm³/mol. The number of oxazole rings is 1. The first-order chi connectivity index (χ1) is 14.7. The van der Waals surface area contributed by atoms with Crippen LogP contribution in [0.3, 0.4) is 0 Å². The molecular weight excluding hydrogens is 376 g/mol. The molecule has 0 bridgehead atoms. The second-order valence-corrected chi connectivity index (χ2v) is 7.52. The normalized spacial score (nSPS) is 11.9. The van der Waals surface area contributed by atoms with E-state index in [2.05, 4.69) is 24.1 Å². The number of hydrogen-bond donors (Lipinski definition) is 1. The number of ether oxygens (including phenoxy) is 1. The summed E-state index contributed by atoms with van der Waals surface area (Å²) in [5, 5.41) is 3.50. The van der Waals surface area contributed by atoms with E-state index in [0.29, 0.717) is 29.8 Å². The van der Waals surface area contributed by atoms with Crippen molar-refractivity contribution < 1.29 is 13.9 Å². The second-order valence-electron chi connectivity index (χ2n) is 7.52.